The Morgan fingerprint density at radius 3 is 2.42 bits per heavy atom. The highest BCUT2D eigenvalue weighted by atomic mass is 79.9. The average molecular weight is 326 g/mol. The molecule has 0 heterocycles. The van der Waals surface area contributed by atoms with E-state index in [9.17, 15) is 8.78 Å². The lowest BCUT2D eigenvalue weighted by atomic mass is 10.1. The molecule has 4 heteroatoms. The van der Waals surface area contributed by atoms with E-state index in [2.05, 4.69) is 21.2 Å². The smallest absolute Gasteiger partial charge is 0.137 e. The third-order valence-corrected chi connectivity index (χ3v) is 3.59. The second-order valence-corrected chi connectivity index (χ2v) is 5.37. The van der Waals surface area contributed by atoms with Crippen molar-refractivity contribution in [3.63, 3.8) is 0 Å². The van der Waals surface area contributed by atoms with Gasteiger partial charge < -0.3 is 5.32 Å². The number of aryl methyl sites for hydroxylation is 2. The zero-order valence-electron chi connectivity index (χ0n) is 10.7. The highest BCUT2D eigenvalue weighted by Crippen LogP contribution is 2.24. The van der Waals surface area contributed by atoms with E-state index >= 15 is 0 Å². The zero-order chi connectivity index (χ0) is 14.0. The van der Waals surface area contributed by atoms with Crippen molar-refractivity contribution in [1.82, 2.24) is 0 Å². The summed E-state index contributed by atoms with van der Waals surface area (Å²) in [6.07, 6.45) is 0. The van der Waals surface area contributed by atoms with Crippen LogP contribution in [0.4, 0.5) is 14.5 Å². The number of benzene rings is 2. The monoisotopic (exact) mass is 325 g/mol. The van der Waals surface area contributed by atoms with E-state index in [-0.39, 0.29) is 11.6 Å². The second kappa shape index (κ2) is 5.70. The van der Waals surface area contributed by atoms with Crippen molar-refractivity contribution >= 4 is 21.6 Å². The van der Waals surface area contributed by atoms with Gasteiger partial charge in [0.25, 0.3) is 0 Å². The fourth-order valence-corrected chi connectivity index (χ4v) is 2.12. The van der Waals surface area contributed by atoms with Crippen LogP contribution in [0.15, 0.2) is 34.8 Å². The Morgan fingerprint density at radius 2 is 1.74 bits per heavy atom. The largest absolute Gasteiger partial charge is 0.381 e. The van der Waals surface area contributed by atoms with Gasteiger partial charge in [-0.3, -0.25) is 0 Å². The van der Waals surface area contributed by atoms with Crippen LogP contribution in [0.25, 0.3) is 0 Å². The van der Waals surface area contributed by atoms with Gasteiger partial charge in [0.05, 0.1) is 4.47 Å². The third-order valence-electron chi connectivity index (χ3n) is 2.99. The minimum Gasteiger partial charge on any atom is -0.381 e. The number of anilines is 1. The van der Waals surface area contributed by atoms with E-state index in [1.165, 1.54) is 12.1 Å². The minimum absolute atomic E-state index is 0.212. The molecule has 0 aromatic heterocycles. The number of halogens is 3. The Hall–Kier alpha value is -1.42. The SMILES string of the molecule is Cc1ccc(CNc2cc(Br)c(F)cc2C)cc1F. The summed E-state index contributed by atoms with van der Waals surface area (Å²) in [5.74, 6) is -0.499. The van der Waals surface area contributed by atoms with Crippen LogP contribution < -0.4 is 5.32 Å². The van der Waals surface area contributed by atoms with Gasteiger partial charge in [-0.2, -0.15) is 0 Å². The molecule has 1 N–H and O–H groups in total. The first-order valence-electron chi connectivity index (χ1n) is 5.92. The lowest BCUT2D eigenvalue weighted by molar-refractivity contribution is 0.616. The maximum atomic E-state index is 13.4. The summed E-state index contributed by atoms with van der Waals surface area (Å²) in [4.78, 5) is 0. The molecule has 0 bridgehead atoms. The highest BCUT2D eigenvalue weighted by Gasteiger charge is 2.05. The van der Waals surface area contributed by atoms with Crippen molar-refractivity contribution in [3.8, 4) is 0 Å². The van der Waals surface area contributed by atoms with Crippen molar-refractivity contribution in [2.75, 3.05) is 5.32 Å². The van der Waals surface area contributed by atoms with Crippen LogP contribution in [0.5, 0.6) is 0 Å². The first-order chi connectivity index (χ1) is 8.97. The maximum Gasteiger partial charge on any atom is 0.137 e. The molecule has 0 amide bonds. The molecule has 0 unspecified atom stereocenters. The van der Waals surface area contributed by atoms with Crippen LogP contribution in [0.2, 0.25) is 0 Å². The summed E-state index contributed by atoms with van der Waals surface area (Å²) < 4.78 is 27.1. The number of hydrogen-bond acceptors (Lipinski definition) is 1. The second-order valence-electron chi connectivity index (χ2n) is 4.52. The molecule has 0 fully saturated rings. The van der Waals surface area contributed by atoms with Gasteiger partial charge in [-0.05, 0) is 64.7 Å². The lowest BCUT2D eigenvalue weighted by Crippen LogP contribution is -2.02. The maximum absolute atomic E-state index is 13.4. The van der Waals surface area contributed by atoms with E-state index in [0.29, 0.717) is 16.6 Å². The highest BCUT2D eigenvalue weighted by molar-refractivity contribution is 9.10. The molecule has 0 radical (unpaired) electrons. The molecule has 0 saturated heterocycles. The Bertz CT molecular complexity index is 611. The number of hydrogen-bond donors (Lipinski definition) is 1. The molecular formula is C15H14BrF2N. The number of rotatable bonds is 3. The van der Waals surface area contributed by atoms with Crippen molar-refractivity contribution in [3.05, 3.63) is 63.1 Å². The van der Waals surface area contributed by atoms with Crippen molar-refractivity contribution in [2.24, 2.45) is 0 Å². The van der Waals surface area contributed by atoms with E-state index < -0.39 is 0 Å². The average Bonchev–Trinajstić information content (AvgIpc) is 2.36. The van der Waals surface area contributed by atoms with Gasteiger partial charge in [0.2, 0.25) is 0 Å². The topological polar surface area (TPSA) is 12.0 Å². The predicted molar refractivity (Wildman–Crippen MR) is 77.3 cm³/mol. The Morgan fingerprint density at radius 1 is 1.00 bits per heavy atom. The van der Waals surface area contributed by atoms with Crippen molar-refractivity contribution in [1.29, 1.82) is 0 Å². The molecule has 100 valence electrons. The van der Waals surface area contributed by atoms with E-state index in [1.54, 1.807) is 19.1 Å². The fourth-order valence-electron chi connectivity index (χ4n) is 1.78. The van der Waals surface area contributed by atoms with Crippen LogP contribution in [0.3, 0.4) is 0 Å². The molecule has 2 rings (SSSR count). The summed E-state index contributed by atoms with van der Waals surface area (Å²) in [7, 11) is 0. The summed E-state index contributed by atoms with van der Waals surface area (Å²) >= 11 is 3.15. The molecule has 19 heavy (non-hydrogen) atoms. The van der Waals surface area contributed by atoms with E-state index in [0.717, 1.165) is 16.8 Å². The normalized spacial score (nSPS) is 10.6. The third kappa shape index (κ3) is 3.32. The van der Waals surface area contributed by atoms with Gasteiger partial charge in [0, 0.05) is 12.2 Å². The molecule has 0 aliphatic heterocycles. The van der Waals surface area contributed by atoms with Gasteiger partial charge in [-0.15, -0.1) is 0 Å². The molecule has 1 nitrogen and oxygen atoms in total. The Balaban J connectivity index is 2.14. The van der Waals surface area contributed by atoms with E-state index in [4.69, 9.17) is 0 Å². The van der Waals surface area contributed by atoms with Gasteiger partial charge in [-0.1, -0.05) is 12.1 Å². The fraction of sp³-hybridized carbons (Fsp3) is 0.200. The summed E-state index contributed by atoms with van der Waals surface area (Å²) in [6.45, 7) is 4.05. The first-order valence-corrected chi connectivity index (χ1v) is 6.71. The quantitative estimate of drug-likeness (QED) is 0.841. The molecule has 0 saturated carbocycles. The van der Waals surface area contributed by atoms with Crippen LogP contribution in [-0.4, -0.2) is 0 Å². The predicted octanol–water partition coefficient (Wildman–Crippen LogP) is 4.96. The van der Waals surface area contributed by atoms with Crippen LogP contribution in [-0.2, 0) is 6.54 Å². The Labute approximate surface area is 119 Å². The lowest BCUT2D eigenvalue weighted by Gasteiger charge is -2.11. The van der Waals surface area contributed by atoms with Crippen LogP contribution >= 0.6 is 15.9 Å². The molecule has 0 aliphatic rings. The molecular weight excluding hydrogens is 312 g/mol. The first kappa shape index (κ1) is 14.0. The van der Waals surface area contributed by atoms with Gasteiger partial charge in [0.1, 0.15) is 11.6 Å². The van der Waals surface area contributed by atoms with Crippen LogP contribution in [0.1, 0.15) is 16.7 Å². The van der Waals surface area contributed by atoms with Gasteiger partial charge in [-0.25, -0.2) is 8.78 Å². The number of nitrogens with one attached hydrogen (secondary N) is 1. The van der Waals surface area contributed by atoms with E-state index in [1.807, 2.05) is 13.0 Å². The van der Waals surface area contributed by atoms with Gasteiger partial charge in [0.15, 0.2) is 0 Å². The summed E-state index contributed by atoms with van der Waals surface area (Å²) in [5, 5.41) is 3.18. The zero-order valence-corrected chi connectivity index (χ0v) is 12.3. The van der Waals surface area contributed by atoms with Gasteiger partial charge >= 0.3 is 0 Å². The molecule has 0 atom stereocenters. The summed E-state index contributed by atoms with van der Waals surface area (Å²) in [6, 6.07) is 8.28. The Kier molecular flexibility index (Phi) is 4.20. The van der Waals surface area contributed by atoms with Crippen molar-refractivity contribution in [2.45, 2.75) is 20.4 Å². The molecule has 2 aromatic rings. The summed E-state index contributed by atoms with van der Waals surface area (Å²) in [5.41, 5.74) is 3.12. The van der Waals surface area contributed by atoms with Crippen molar-refractivity contribution < 1.29 is 8.78 Å². The molecule has 2 aromatic carbocycles. The van der Waals surface area contributed by atoms with Crippen LogP contribution in [0, 0.1) is 25.5 Å². The standard InChI is InChI=1S/C15H14BrF2N/c1-9-3-4-11(6-13(9)17)8-19-15-7-12(16)14(18)5-10(15)2/h3-7,19H,8H2,1-2H3. The molecule has 0 aliphatic carbocycles. The molecule has 0 spiro atoms. The minimum atomic E-state index is -0.288.